The average Bonchev–Trinajstić information content (AvgIpc) is 2.98. The van der Waals surface area contributed by atoms with Crippen molar-refractivity contribution >= 4 is 11.6 Å². The van der Waals surface area contributed by atoms with Crippen molar-refractivity contribution in [3.8, 4) is 22.5 Å². The Hall–Kier alpha value is -2.10. The van der Waals surface area contributed by atoms with Crippen LogP contribution in [0.4, 0.5) is 0 Å². The minimum atomic E-state index is -0.629. The van der Waals surface area contributed by atoms with E-state index in [1.165, 1.54) is 0 Å². The molecule has 21 heavy (non-hydrogen) atoms. The lowest BCUT2D eigenvalue weighted by Crippen LogP contribution is -1.97. The number of aromatic nitrogens is 2. The molecule has 2 aromatic carbocycles. The monoisotopic (exact) mass is 296 g/mol. The Bertz CT molecular complexity index is 836. The van der Waals surface area contributed by atoms with Crippen molar-refractivity contribution in [3.63, 3.8) is 0 Å². The van der Waals surface area contributed by atoms with Crippen LogP contribution in [0, 0.1) is 0 Å². The van der Waals surface area contributed by atoms with E-state index in [-0.39, 0.29) is 0 Å². The molecule has 0 aliphatic heterocycles. The molecule has 1 aliphatic rings. The molecule has 0 saturated heterocycles. The standard InChI is InChI=1S/C17H13ClN2O/c1-20-16-12-4-2-3-5-13(12)17(21)14(16)15(19-20)10-6-8-11(18)9-7-10/h2-9,17,21H,1H3. The lowest BCUT2D eigenvalue weighted by Gasteiger charge is -2.07. The zero-order valence-corrected chi connectivity index (χ0v) is 12.2. The van der Waals surface area contributed by atoms with Gasteiger partial charge in [0, 0.05) is 28.8 Å². The van der Waals surface area contributed by atoms with Gasteiger partial charge in [-0.25, -0.2) is 0 Å². The molecule has 0 fully saturated rings. The molecular weight excluding hydrogens is 284 g/mol. The number of nitrogens with zero attached hydrogens (tertiary/aromatic N) is 2. The Morgan fingerprint density at radius 1 is 1.10 bits per heavy atom. The van der Waals surface area contributed by atoms with Gasteiger partial charge in [-0.05, 0) is 17.7 Å². The summed E-state index contributed by atoms with van der Waals surface area (Å²) >= 11 is 5.95. The zero-order valence-electron chi connectivity index (χ0n) is 11.4. The number of rotatable bonds is 1. The minimum absolute atomic E-state index is 0.629. The smallest absolute Gasteiger partial charge is 0.109 e. The van der Waals surface area contributed by atoms with Crippen LogP contribution in [0.5, 0.6) is 0 Å². The molecule has 3 nitrogen and oxygen atoms in total. The van der Waals surface area contributed by atoms with Gasteiger partial charge < -0.3 is 5.11 Å². The van der Waals surface area contributed by atoms with Gasteiger partial charge in [-0.2, -0.15) is 5.10 Å². The van der Waals surface area contributed by atoms with Crippen LogP contribution in [0.3, 0.4) is 0 Å². The zero-order chi connectivity index (χ0) is 14.6. The van der Waals surface area contributed by atoms with Gasteiger partial charge in [0.2, 0.25) is 0 Å². The molecule has 1 aliphatic carbocycles. The molecule has 4 heteroatoms. The quantitative estimate of drug-likeness (QED) is 0.741. The molecule has 0 saturated carbocycles. The first-order valence-electron chi connectivity index (χ1n) is 6.77. The maximum absolute atomic E-state index is 10.7. The number of hydrogen-bond donors (Lipinski definition) is 1. The van der Waals surface area contributed by atoms with Crippen molar-refractivity contribution in [1.29, 1.82) is 0 Å². The van der Waals surface area contributed by atoms with E-state index in [0.717, 1.165) is 33.6 Å². The van der Waals surface area contributed by atoms with Crippen molar-refractivity contribution in [3.05, 3.63) is 64.7 Å². The van der Waals surface area contributed by atoms with Crippen LogP contribution in [0.2, 0.25) is 5.02 Å². The molecule has 0 amide bonds. The first kappa shape index (κ1) is 12.6. The molecule has 1 aromatic heterocycles. The first-order chi connectivity index (χ1) is 10.2. The Morgan fingerprint density at radius 2 is 1.81 bits per heavy atom. The SMILES string of the molecule is Cn1nc(-c2ccc(Cl)cc2)c2c1-c1ccccc1C2O. The van der Waals surface area contributed by atoms with Crippen molar-refractivity contribution in [2.45, 2.75) is 6.10 Å². The maximum atomic E-state index is 10.7. The predicted octanol–water partition coefficient (Wildman–Crippen LogP) is 3.80. The van der Waals surface area contributed by atoms with Crippen molar-refractivity contribution in [2.24, 2.45) is 7.05 Å². The van der Waals surface area contributed by atoms with Gasteiger partial charge in [-0.3, -0.25) is 4.68 Å². The summed E-state index contributed by atoms with van der Waals surface area (Å²) < 4.78 is 1.84. The Labute approximate surface area is 127 Å². The summed E-state index contributed by atoms with van der Waals surface area (Å²) in [6, 6.07) is 15.5. The van der Waals surface area contributed by atoms with E-state index < -0.39 is 6.10 Å². The number of benzene rings is 2. The van der Waals surface area contributed by atoms with Gasteiger partial charge in [-0.1, -0.05) is 48.0 Å². The molecule has 0 radical (unpaired) electrons. The van der Waals surface area contributed by atoms with Crippen molar-refractivity contribution < 1.29 is 5.11 Å². The second kappa shape index (κ2) is 4.45. The van der Waals surface area contributed by atoms with E-state index in [4.69, 9.17) is 11.6 Å². The molecule has 3 aromatic rings. The lowest BCUT2D eigenvalue weighted by atomic mass is 10.0. The van der Waals surface area contributed by atoms with Crippen LogP contribution in [0.25, 0.3) is 22.5 Å². The number of fused-ring (bicyclic) bond motifs is 3. The fourth-order valence-electron chi connectivity index (χ4n) is 3.05. The second-order valence-electron chi connectivity index (χ2n) is 5.23. The van der Waals surface area contributed by atoms with E-state index in [2.05, 4.69) is 5.10 Å². The highest BCUT2D eigenvalue weighted by Crippen LogP contribution is 2.47. The van der Waals surface area contributed by atoms with Crippen LogP contribution in [0.1, 0.15) is 17.2 Å². The highest BCUT2D eigenvalue weighted by Gasteiger charge is 2.33. The van der Waals surface area contributed by atoms with E-state index in [9.17, 15) is 5.11 Å². The Morgan fingerprint density at radius 3 is 2.57 bits per heavy atom. The van der Waals surface area contributed by atoms with E-state index in [0.29, 0.717) is 5.02 Å². The van der Waals surface area contributed by atoms with E-state index in [1.807, 2.05) is 60.3 Å². The molecule has 104 valence electrons. The summed E-state index contributed by atoms with van der Waals surface area (Å²) in [6.45, 7) is 0. The second-order valence-corrected chi connectivity index (χ2v) is 5.67. The van der Waals surface area contributed by atoms with Gasteiger partial charge in [0.05, 0.1) is 11.4 Å². The number of halogens is 1. The van der Waals surface area contributed by atoms with Crippen molar-refractivity contribution in [2.75, 3.05) is 0 Å². The summed E-state index contributed by atoms with van der Waals surface area (Å²) in [5.41, 5.74) is 5.63. The van der Waals surface area contributed by atoms with Gasteiger partial charge in [0.15, 0.2) is 0 Å². The highest BCUT2D eigenvalue weighted by atomic mass is 35.5. The largest absolute Gasteiger partial charge is 0.383 e. The molecule has 1 unspecified atom stereocenters. The summed E-state index contributed by atoms with van der Waals surface area (Å²) in [7, 11) is 1.91. The molecule has 1 atom stereocenters. The fraction of sp³-hybridized carbons (Fsp3) is 0.118. The van der Waals surface area contributed by atoms with Gasteiger partial charge in [-0.15, -0.1) is 0 Å². The number of aryl methyl sites for hydroxylation is 1. The topological polar surface area (TPSA) is 38.0 Å². The average molecular weight is 297 g/mol. The fourth-order valence-corrected chi connectivity index (χ4v) is 3.17. The van der Waals surface area contributed by atoms with Crippen LogP contribution in [-0.4, -0.2) is 14.9 Å². The number of hydrogen-bond acceptors (Lipinski definition) is 2. The van der Waals surface area contributed by atoms with E-state index in [1.54, 1.807) is 0 Å². The van der Waals surface area contributed by atoms with Gasteiger partial charge in [0.1, 0.15) is 6.10 Å². The molecule has 1 heterocycles. The first-order valence-corrected chi connectivity index (χ1v) is 7.15. The third-order valence-corrected chi connectivity index (χ3v) is 4.24. The molecule has 4 rings (SSSR count). The molecular formula is C17H13ClN2O. The number of aliphatic hydroxyl groups is 1. The van der Waals surface area contributed by atoms with Gasteiger partial charge in [0.25, 0.3) is 0 Å². The highest BCUT2D eigenvalue weighted by molar-refractivity contribution is 6.30. The molecule has 0 bridgehead atoms. The van der Waals surface area contributed by atoms with E-state index >= 15 is 0 Å². The van der Waals surface area contributed by atoms with Crippen LogP contribution in [-0.2, 0) is 7.05 Å². The summed E-state index contributed by atoms with van der Waals surface area (Å²) in [6.07, 6.45) is -0.629. The third kappa shape index (κ3) is 1.75. The van der Waals surface area contributed by atoms with Crippen LogP contribution in [0.15, 0.2) is 48.5 Å². The minimum Gasteiger partial charge on any atom is -0.383 e. The lowest BCUT2D eigenvalue weighted by molar-refractivity contribution is 0.225. The van der Waals surface area contributed by atoms with Crippen LogP contribution < -0.4 is 0 Å². The Kier molecular flexibility index (Phi) is 2.67. The third-order valence-electron chi connectivity index (χ3n) is 3.99. The summed E-state index contributed by atoms with van der Waals surface area (Å²) in [4.78, 5) is 0. The van der Waals surface area contributed by atoms with Gasteiger partial charge >= 0.3 is 0 Å². The predicted molar refractivity (Wildman–Crippen MR) is 83.2 cm³/mol. The molecule has 0 spiro atoms. The maximum Gasteiger partial charge on any atom is 0.109 e. The summed E-state index contributed by atoms with van der Waals surface area (Å²) in [5, 5.41) is 15.9. The Balaban J connectivity index is 1.97. The van der Waals surface area contributed by atoms with Crippen LogP contribution >= 0.6 is 11.6 Å². The molecule has 1 N–H and O–H groups in total. The summed E-state index contributed by atoms with van der Waals surface area (Å²) in [5.74, 6) is 0. The normalized spacial score (nSPS) is 15.9. The van der Waals surface area contributed by atoms with Crippen molar-refractivity contribution in [1.82, 2.24) is 9.78 Å². The number of aliphatic hydroxyl groups excluding tert-OH is 1.